The highest BCUT2D eigenvalue weighted by atomic mass is 35.5. The van der Waals surface area contributed by atoms with Crippen LogP contribution in [0.4, 0.5) is 5.69 Å². The molecule has 0 radical (unpaired) electrons. The lowest BCUT2D eigenvalue weighted by Gasteiger charge is -2.11. The predicted molar refractivity (Wildman–Crippen MR) is 107 cm³/mol. The second kappa shape index (κ2) is 8.82. The maximum atomic E-state index is 12.2. The topological polar surface area (TPSA) is 80.9 Å². The second-order valence-corrected chi connectivity index (χ2v) is 6.49. The molecule has 0 unspecified atom stereocenters. The zero-order valence-corrected chi connectivity index (χ0v) is 16.2. The number of carbonyl (C=O) groups is 1. The largest absolute Gasteiger partial charge is 0.496 e. The molecule has 1 aromatic heterocycles. The smallest absolute Gasteiger partial charge is 0.262 e. The van der Waals surface area contributed by atoms with E-state index in [9.17, 15) is 4.79 Å². The summed E-state index contributed by atoms with van der Waals surface area (Å²) >= 11 is 5.98. The van der Waals surface area contributed by atoms with Crippen molar-refractivity contribution in [2.45, 2.75) is 13.5 Å². The van der Waals surface area contributed by atoms with Crippen LogP contribution in [0.1, 0.15) is 11.3 Å². The Kier molecular flexibility index (Phi) is 6.23. The van der Waals surface area contributed by atoms with Gasteiger partial charge in [0.05, 0.1) is 12.7 Å². The summed E-state index contributed by atoms with van der Waals surface area (Å²) < 4.78 is 16.4. The van der Waals surface area contributed by atoms with Gasteiger partial charge in [0.2, 0.25) is 0 Å². The van der Waals surface area contributed by atoms with Gasteiger partial charge < -0.3 is 24.3 Å². The third-order valence-electron chi connectivity index (χ3n) is 4.07. The minimum atomic E-state index is -0.303. The van der Waals surface area contributed by atoms with E-state index in [1.807, 2.05) is 6.92 Å². The van der Waals surface area contributed by atoms with Crippen molar-refractivity contribution in [3.63, 3.8) is 0 Å². The number of methoxy groups -OCH3 is 1. The minimum absolute atomic E-state index is 0.136. The van der Waals surface area contributed by atoms with E-state index in [1.54, 1.807) is 48.5 Å². The molecule has 1 heterocycles. The Morgan fingerprint density at radius 3 is 2.68 bits per heavy atom. The first-order chi connectivity index (χ1) is 13.5. The van der Waals surface area contributed by atoms with Crippen LogP contribution in [0.3, 0.4) is 0 Å². The summed E-state index contributed by atoms with van der Waals surface area (Å²) in [5, 5.41) is 12.6. The Morgan fingerprint density at radius 1 is 1.18 bits per heavy atom. The lowest BCUT2D eigenvalue weighted by molar-refractivity contribution is -0.118. The molecule has 28 heavy (non-hydrogen) atoms. The van der Waals surface area contributed by atoms with Gasteiger partial charge in [-0.15, -0.1) is 0 Å². The number of aliphatic hydroxyl groups excluding tert-OH is 1. The standard InChI is InChI=1S/C21H20ClNO5/c1-13-9-15(4-7-18(13)22)27-12-21(25)23-14-3-6-17(20(10-14)26-2)19-8-5-16(11-24)28-19/h3-10,24H,11-12H2,1-2H3,(H,23,25). The molecule has 0 saturated heterocycles. The molecule has 0 aliphatic heterocycles. The van der Waals surface area contributed by atoms with Crippen LogP contribution in [0.2, 0.25) is 5.02 Å². The van der Waals surface area contributed by atoms with E-state index < -0.39 is 0 Å². The summed E-state index contributed by atoms with van der Waals surface area (Å²) in [7, 11) is 1.53. The normalized spacial score (nSPS) is 10.6. The number of aryl methyl sites for hydroxylation is 1. The Morgan fingerprint density at radius 2 is 2.00 bits per heavy atom. The van der Waals surface area contributed by atoms with Gasteiger partial charge in [-0.3, -0.25) is 4.79 Å². The average Bonchev–Trinajstić information content (AvgIpc) is 3.18. The van der Waals surface area contributed by atoms with Crippen LogP contribution in [-0.4, -0.2) is 24.7 Å². The number of ether oxygens (including phenoxy) is 2. The van der Waals surface area contributed by atoms with Crippen molar-refractivity contribution in [3.05, 3.63) is 64.9 Å². The number of nitrogens with one attached hydrogen (secondary N) is 1. The van der Waals surface area contributed by atoms with Gasteiger partial charge >= 0.3 is 0 Å². The number of amides is 1. The van der Waals surface area contributed by atoms with Crippen molar-refractivity contribution in [2.75, 3.05) is 19.0 Å². The van der Waals surface area contributed by atoms with Crippen LogP contribution in [0.25, 0.3) is 11.3 Å². The first-order valence-corrected chi connectivity index (χ1v) is 8.94. The Labute approximate surface area is 167 Å². The molecular formula is C21H20ClNO5. The molecule has 0 atom stereocenters. The summed E-state index contributed by atoms with van der Waals surface area (Å²) in [6.07, 6.45) is 0. The highest BCUT2D eigenvalue weighted by molar-refractivity contribution is 6.31. The molecule has 0 spiro atoms. The van der Waals surface area contributed by atoms with Crippen LogP contribution < -0.4 is 14.8 Å². The third kappa shape index (κ3) is 4.65. The van der Waals surface area contributed by atoms with Crippen molar-refractivity contribution in [3.8, 4) is 22.8 Å². The van der Waals surface area contributed by atoms with Crippen molar-refractivity contribution >= 4 is 23.2 Å². The first-order valence-electron chi connectivity index (χ1n) is 8.57. The molecular weight excluding hydrogens is 382 g/mol. The summed E-state index contributed by atoms with van der Waals surface area (Å²) in [6.45, 7) is 1.55. The van der Waals surface area contributed by atoms with E-state index in [4.69, 9.17) is 30.6 Å². The number of furan rings is 1. The van der Waals surface area contributed by atoms with Gasteiger partial charge in [0.15, 0.2) is 6.61 Å². The summed E-state index contributed by atoms with van der Waals surface area (Å²) in [4.78, 5) is 12.2. The summed E-state index contributed by atoms with van der Waals surface area (Å²) in [6, 6.07) is 13.9. The number of halogens is 1. The number of carbonyl (C=O) groups excluding carboxylic acids is 1. The van der Waals surface area contributed by atoms with E-state index in [1.165, 1.54) is 7.11 Å². The van der Waals surface area contributed by atoms with Gasteiger partial charge in [-0.25, -0.2) is 0 Å². The average molecular weight is 402 g/mol. The van der Waals surface area contributed by atoms with E-state index in [2.05, 4.69) is 5.32 Å². The Hall–Kier alpha value is -2.96. The molecule has 7 heteroatoms. The van der Waals surface area contributed by atoms with Gasteiger partial charge in [0.1, 0.15) is 29.6 Å². The molecule has 6 nitrogen and oxygen atoms in total. The number of hydrogen-bond donors (Lipinski definition) is 2. The van der Waals surface area contributed by atoms with Crippen LogP contribution in [0.15, 0.2) is 52.9 Å². The molecule has 0 aliphatic rings. The molecule has 146 valence electrons. The Bertz CT molecular complexity index is 983. The monoisotopic (exact) mass is 401 g/mol. The maximum Gasteiger partial charge on any atom is 0.262 e. The number of hydrogen-bond acceptors (Lipinski definition) is 5. The van der Waals surface area contributed by atoms with Crippen molar-refractivity contribution < 1.29 is 23.8 Å². The van der Waals surface area contributed by atoms with Gasteiger partial charge in [-0.05, 0) is 55.0 Å². The van der Waals surface area contributed by atoms with Crippen molar-refractivity contribution in [1.82, 2.24) is 0 Å². The fourth-order valence-corrected chi connectivity index (χ4v) is 2.75. The van der Waals surface area contributed by atoms with Gasteiger partial charge in [-0.2, -0.15) is 0 Å². The summed E-state index contributed by atoms with van der Waals surface area (Å²) in [5.41, 5.74) is 2.16. The SMILES string of the molecule is COc1cc(NC(=O)COc2ccc(Cl)c(C)c2)ccc1-c1ccc(CO)o1. The lowest BCUT2D eigenvalue weighted by Crippen LogP contribution is -2.20. The quantitative estimate of drug-likeness (QED) is 0.612. The van der Waals surface area contributed by atoms with Crippen LogP contribution >= 0.6 is 11.6 Å². The van der Waals surface area contributed by atoms with Crippen molar-refractivity contribution in [2.24, 2.45) is 0 Å². The first kappa shape index (κ1) is 19.8. The van der Waals surface area contributed by atoms with Crippen LogP contribution in [0, 0.1) is 6.92 Å². The van der Waals surface area contributed by atoms with E-state index in [0.717, 1.165) is 5.56 Å². The Balaban J connectivity index is 1.66. The highest BCUT2D eigenvalue weighted by Crippen LogP contribution is 2.33. The molecule has 0 saturated carbocycles. The molecule has 2 aromatic carbocycles. The molecule has 1 amide bonds. The number of aliphatic hydroxyl groups is 1. The summed E-state index contributed by atoms with van der Waals surface area (Å²) in [5.74, 6) is 1.83. The lowest BCUT2D eigenvalue weighted by atomic mass is 10.1. The van der Waals surface area contributed by atoms with Gasteiger partial charge in [0.25, 0.3) is 5.91 Å². The van der Waals surface area contributed by atoms with Crippen LogP contribution in [0.5, 0.6) is 11.5 Å². The number of rotatable bonds is 7. The third-order valence-corrected chi connectivity index (χ3v) is 4.49. The molecule has 3 rings (SSSR count). The molecule has 0 fully saturated rings. The van der Waals surface area contributed by atoms with Gasteiger partial charge in [-0.1, -0.05) is 11.6 Å². The fourth-order valence-electron chi connectivity index (χ4n) is 2.63. The van der Waals surface area contributed by atoms with Gasteiger partial charge in [0, 0.05) is 16.8 Å². The molecule has 0 bridgehead atoms. The fraction of sp³-hybridized carbons (Fsp3) is 0.190. The molecule has 0 aliphatic carbocycles. The molecule has 2 N–H and O–H groups in total. The second-order valence-electron chi connectivity index (χ2n) is 6.09. The highest BCUT2D eigenvalue weighted by Gasteiger charge is 2.13. The zero-order chi connectivity index (χ0) is 20.1. The van der Waals surface area contributed by atoms with Crippen molar-refractivity contribution in [1.29, 1.82) is 0 Å². The van der Waals surface area contributed by atoms with E-state index in [-0.39, 0.29) is 19.1 Å². The van der Waals surface area contributed by atoms with Crippen LogP contribution in [-0.2, 0) is 11.4 Å². The zero-order valence-electron chi connectivity index (χ0n) is 15.5. The molecule has 3 aromatic rings. The number of anilines is 1. The van der Waals surface area contributed by atoms with E-state index >= 15 is 0 Å². The minimum Gasteiger partial charge on any atom is -0.496 e. The number of benzene rings is 2. The maximum absolute atomic E-state index is 12.2. The predicted octanol–water partition coefficient (Wildman–Crippen LogP) is 4.43. The van der Waals surface area contributed by atoms with E-state index in [0.29, 0.717) is 39.3 Å².